The van der Waals surface area contributed by atoms with Gasteiger partial charge in [0.05, 0.1) is 39.6 Å². The van der Waals surface area contributed by atoms with Gasteiger partial charge in [-0.1, -0.05) is 0 Å². The molecule has 0 saturated heterocycles. The summed E-state index contributed by atoms with van der Waals surface area (Å²) in [6.45, 7) is 8.39. The Morgan fingerprint density at radius 1 is 0.607 bits per heavy atom. The van der Waals surface area contributed by atoms with Crippen molar-refractivity contribution in [1.82, 2.24) is 0 Å². The fourth-order valence-corrected chi connectivity index (χ4v) is 2.18. The Bertz CT molecular complexity index is 584. The van der Waals surface area contributed by atoms with Crippen LogP contribution in [0.3, 0.4) is 0 Å². The van der Waals surface area contributed by atoms with Gasteiger partial charge in [0.25, 0.3) is 0 Å². The fourth-order valence-electron chi connectivity index (χ4n) is 2.18. The quantitative estimate of drug-likeness (QED) is 0.395. The molecule has 0 saturated carbocycles. The Kier molecular flexibility index (Phi) is 13.3. The first kappa shape index (κ1) is 23.7. The lowest BCUT2D eigenvalue weighted by Crippen LogP contribution is -2.12. The van der Waals surface area contributed by atoms with Crippen molar-refractivity contribution in [3.63, 3.8) is 0 Å². The smallest absolute Gasteiger partial charge is 0.138 e. The van der Waals surface area contributed by atoms with Crippen molar-refractivity contribution < 1.29 is 28.4 Å². The highest BCUT2D eigenvalue weighted by Crippen LogP contribution is 2.29. The Balaban J connectivity index is 2.49. The summed E-state index contributed by atoms with van der Waals surface area (Å²) in [6, 6.07) is 7.26. The number of benzene rings is 1. The Hall–Kier alpha value is -2.36. The predicted molar refractivity (Wildman–Crippen MR) is 101 cm³/mol. The van der Waals surface area contributed by atoms with Gasteiger partial charge in [0.2, 0.25) is 0 Å². The van der Waals surface area contributed by atoms with Gasteiger partial charge in [-0.05, 0) is 26.0 Å². The molecule has 154 valence electrons. The molecule has 0 unspecified atom stereocenters. The highest BCUT2D eigenvalue weighted by molar-refractivity contribution is 5.60. The first-order chi connectivity index (χ1) is 13.8. The SMILES string of the molecule is CCOCCOCCOc1ccc(OCCOCCOCC)c(C#N)c1C#N. The number of nitriles is 2. The van der Waals surface area contributed by atoms with Gasteiger partial charge in [0.15, 0.2) is 0 Å². The number of hydrogen-bond acceptors (Lipinski definition) is 8. The second-order valence-electron chi connectivity index (χ2n) is 5.35. The summed E-state index contributed by atoms with van der Waals surface area (Å²) in [5.74, 6) is 0.653. The average Bonchev–Trinajstić information content (AvgIpc) is 2.72. The van der Waals surface area contributed by atoms with Crippen LogP contribution in [0, 0.1) is 22.7 Å². The molecule has 0 heterocycles. The summed E-state index contributed by atoms with van der Waals surface area (Å²) in [7, 11) is 0. The Morgan fingerprint density at radius 3 is 1.32 bits per heavy atom. The largest absolute Gasteiger partial charge is 0.490 e. The van der Waals surface area contributed by atoms with E-state index in [0.717, 1.165) is 0 Å². The molecule has 0 bridgehead atoms. The van der Waals surface area contributed by atoms with E-state index in [-0.39, 0.29) is 24.3 Å². The van der Waals surface area contributed by atoms with Crippen molar-refractivity contribution in [2.45, 2.75) is 13.8 Å². The van der Waals surface area contributed by atoms with Gasteiger partial charge in [-0.3, -0.25) is 0 Å². The molecule has 0 spiro atoms. The average molecular weight is 392 g/mol. The molecule has 1 aromatic rings. The second-order valence-corrected chi connectivity index (χ2v) is 5.35. The zero-order valence-electron chi connectivity index (χ0n) is 16.6. The maximum Gasteiger partial charge on any atom is 0.138 e. The van der Waals surface area contributed by atoms with Crippen LogP contribution >= 0.6 is 0 Å². The number of hydrogen-bond donors (Lipinski definition) is 0. The molecule has 8 heteroatoms. The van der Waals surface area contributed by atoms with Gasteiger partial charge in [-0.2, -0.15) is 10.5 Å². The van der Waals surface area contributed by atoms with E-state index in [9.17, 15) is 10.5 Å². The van der Waals surface area contributed by atoms with Crippen LogP contribution < -0.4 is 9.47 Å². The molecular weight excluding hydrogens is 364 g/mol. The Labute approximate surface area is 166 Å². The molecule has 0 N–H and O–H groups in total. The summed E-state index contributed by atoms with van der Waals surface area (Å²) in [6.07, 6.45) is 0. The predicted octanol–water partition coefficient (Wildman–Crippen LogP) is 2.29. The lowest BCUT2D eigenvalue weighted by Gasteiger charge is -2.13. The van der Waals surface area contributed by atoms with E-state index >= 15 is 0 Å². The Morgan fingerprint density at radius 2 is 0.964 bits per heavy atom. The fraction of sp³-hybridized carbons (Fsp3) is 0.600. The van der Waals surface area contributed by atoms with Gasteiger partial charge >= 0.3 is 0 Å². The maximum atomic E-state index is 9.42. The monoisotopic (exact) mass is 392 g/mol. The first-order valence-electron chi connectivity index (χ1n) is 9.32. The normalized spacial score (nSPS) is 10.3. The summed E-state index contributed by atoms with van der Waals surface area (Å²) in [4.78, 5) is 0. The van der Waals surface area contributed by atoms with Crippen molar-refractivity contribution in [2.75, 3.05) is 66.1 Å². The zero-order valence-corrected chi connectivity index (χ0v) is 16.6. The van der Waals surface area contributed by atoms with Crippen LogP contribution in [0.2, 0.25) is 0 Å². The standard InChI is InChI=1S/C20H28N2O6/c1-3-23-7-9-25-11-13-27-19-5-6-20(18(16-22)17(19)15-21)28-14-12-26-10-8-24-4-2/h5-6H,3-4,7-14H2,1-2H3. The van der Waals surface area contributed by atoms with Crippen LogP contribution in [0.15, 0.2) is 12.1 Å². The van der Waals surface area contributed by atoms with Crippen molar-refractivity contribution >= 4 is 0 Å². The van der Waals surface area contributed by atoms with Gasteiger partial charge in [0.1, 0.15) is 48.0 Å². The van der Waals surface area contributed by atoms with Crippen molar-refractivity contribution in [3.8, 4) is 23.6 Å². The molecular formula is C20H28N2O6. The minimum atomic E-state index is 0.145. The first-order valence-corrected chi connectivity index (χ1v) is 9.32. The third-order valence-electron chi connectivity index (χ3n) is 3.48. The molecule has 8 nitrogen and oxygen atoms in total. The molecule has 0 aromatic heterocycles. The van der Waals surface area contributed by atoms with Crippen LogP contribution in [0.25, 0.3) is 0 Å². The van der Waals surface area contributed by atoms with Crippen molar-refractivity contribution in [2.24, 2.45) is 0 Å². The summed E-state index contributed by atoms with van der Waals surface area (Å²) >= 11 is 0. The third kappa shape index (κ3) is 9.03. The molecule has 0 fully saturated rings. The van der Waals surface area contributed by atoms with E-state index in [1.165, 1.54) is 0 Å². The molecule has 0 aliphatic rings. The lowest BCUT2D eigenvalue weighted by atomic mass is 10.1. The molecule has 0 aliphatic carbocycles. The minimum Gasteiger partial charge on any atom is -0.490 e. The maximum absolute atomic E-state index is 9.42. The minimum absolute atomic E-state index is 0.145. The topological polar surface area (TPSA) is 103 Å². The molecule has 0 radical (unpaired) electrons. The van der Waals surface area contributed by atoms with E-state index in [1.807, 2.05) is 26.0 Å². The van der Waals surface area contributed by atoms with Crippen LogP contribution in [0.1, 0.15) is 25.0 Å². The summed E-state index contributed by atoms with van der Waals surface area (Å²) < 4.78 is 32.2. The zero-order chi connectivity index (χ0) is 20.5. The summed E-state index contributed by atoms with van der Waals surface area (Å²) in [5.41, 5.74) is 0.290. The van der Waals surface area contributed by atoms with Crippen LogP contribution in [0.5, 0.6) is 11.5 Å². The van der Waals surface area contributed by atoms with E-state index in [1.54, 1.807) is 12.1 Å². The molecule has 0 aliphatic heterocycles. The number of rotatable bonds is 16. The summed E-state index contributed by atoms with van der Waals surface area (Å²) in [5, 5.41) is 18.8. The molecule has 0 amide bonds. The third-order valence-corrected chi connectivity index (χ3v) is 3.48. The highest BCUT2D eigenvalue weighted by atomic mass is 16.5. The van der Waals surface area contributed by atoms with E-state index < -0.39 is 0 Å². The molecule has 1 rings (SSSR count). The van der Waals surface area contributed by atoms with E-state index in [0.29, 0.717) is 64.4 Å². The van der Waals surface area contributed by atoms with Gasteiger partial charge in [-0.15, -0.1) is 0 Å². The molecule has 1 aromatic carbocycles. The van der Waals surface area contributed by atoms with E-state index in [4.69, 9.17) is 28.4 Å². The van der Waals surface area contributed by atoms with Crippen molar-refractivity contribution in [3.05, 3.63) is 23.3 Å². The van der Waals surface area contributed by atoms with E-state index in [2.05, 4.69) is 0 Å². The number of nitrogens with zero attached hydrogens (tertiary/aromatic N) is 2. The van der Waals surface area contributed by atoms with Gasteiger partial charge < -0.3 is 28.4 Å². The lowest BCUT2D eigenvalue weighted by molar-refractivity contribution is 0.0400. The highest BCUT2D eigenvalue weighted by Gasteiger charge is 2.15. The van der Waals surface area contributed by atoms with Crippen LogP contribution in [-0.4, -0.2) is 66.1 Å². The van der Waals surface area contributed by atoms with Gasteiger partial charge in [-0.25, -0.2) is 0 Å². The molecule has 28 heavy (non-hydrogen) atoms. The number of ether oxygens (including phenoxy) is 6. The molecule has 0 atom stereocenters. The van der Waals surface area contributed by atoms with Crippen LogP contribution in [-0.2, 0) is 18.9 Å². The van der Waals surface area contributed by atoms with Crippen LogP contribution in [0.4, 0.5) is 0 Å². The van der Waals surface area contributed by atoms with Crippen molar-refractivity contribution in [1.29, 1.82) is 10.5 Å². The second kappa shape index (κ2) is 15.7. The van der Waals surface area contributed by atoms with Gasteiger partial charge in [0, 0.05) is 13.2 Å².